The molecule has 0 aliphatic heterocycles. The van der Waals surface area contributed by atoms with E-state index in [-0.39, 0.29) is 22.7 Å². The Hall–Kier alpha value is -4.30. The average Bonchev–Trinajstić information content (AvgIpc) is 2.88. The highest BCUT2D eigenvalue weighted by molar-refractivity contribution is 7.92. The van der Waals surface area contributed by atoms with Crippen LogP contribution in [0, 0.1) is 6.92 Å². The number of sulfonamides is 1. The fourth-order valence-corrected chi connectivity index (χ4v) is 4.91. The Morgan fingerprint density at radius 2 is 1.60 bits per heavy atom. The molecule has 3 aromatic carbocycles. The van der Waals surface area contributed by atoms with E-state index < -0.39 is 15.9 Å². The number of aromatic nitrogens is 1. The van der Waals surface area contributed by atoms with E-state index in [0.717, 1.165) is 11.1 Å². The first-order chi connectivity index (χ1) is 16.9. The van der Waals surface area contributed by atoms with Crippen molar-refractivity contribution >= 4 is 27.8 Å². The Bertz CT molecular complexity index is 1420. The fourth-order valence-electron chi connectivity index (χ4n) is 3.44. The molecule has 0 atom stereocenters. The molecule has 0 unspecified atom stereocenters. The molecule has 0 saturated heterocycles. The minimum Gasteiger partial charge on any atom is -0.267 e. The highest BCUT2D eigenvalue weighted by Gasteiger charge is 2.28. The zero-order valence-electron chi connectivity index (χ0n) is 19.1. The van der Waals surface area contributed by atoms with E-state index >= 15 is 0 Å². The largest absolute Gasteiger partial charge is 0.273 e. The molecule has 1 heterocycles. The molecule has 1 aromatic heterocycles. The summed E-state index contributed by atoms with van der Waals surface area (Å²) in [6.07, 6.45) is 3.04. The van der Waals surface area contributed by atoms with Crippen LogP contribution in [0.25, 0.3) is 0 Å². The third kappa shape index (κ3) is 5.80. The van der Waals surface area contributed by atoms with Crippen molar-refractivity contribution in [1.29, 1.82) is 0 Å². The average molecular weight is 485 g/mol. The van der Waals surface area contributed by atoms with Crippen molar-refractivity contribution in [3.8, 4) is 0 Å². The highest BCUT2D eigenvalue weighted by Crippen LogP contribution is 2.29. The van der Waals surface area contributed by atoms with Gasteiger partial charge in [-0.2, -0.15) is 5.10 Å². The van der Waals surface area contributed by atoms with E-state index in [1.54, 1.807) is 66.9 Å². The Labute approximate surface area is 204 Å². The van der Waals surface area contributed by atoms with E-state index in [9.17, 15) is 13.2 Å². The maximum absolute atomic E-state index is 13.8. The van der Waals surface area contributed by atoms with Gasteiger partial charge in [0.05, 0.1) is 34.6 Å². The minimum atomic E-state index is -3.98. The molecule has 176 valence electrons. The van der Waals surface area contributed by atoms with Crippen LogP contribution < -0.4 is 9.73 Å². The summed E-state index contributed by atoms with van der Waals surface area (Å²) in [6.45, 7) is 1.95. The molecule has 8 heteroatoms. The van der Waals surface area contributed by atoms with Gasteiger partial charge in [-0.3, -0.25) is 14.1 Å². The second kappa shape index (κ2) is 10.8. The molecule has 4 rings (SSSR count). The lowest BCUT2D eigenvalue weighted by Crippen LogP contribution is -2.33. The molecule has 0 bridgehead atoms. The molecule has 35 heavy (non-hydrogen) atoms. The number of anilines is 1. The summed E-state index contributed by atoms with van der Waals surface area (Å²) in [5.74, 6) is -0.537. The quantitative estimate of drug-likeness (QED) is 0.293. The predicted molar refractivity (Wildman–Crippen MR) is 137 cm³/mol. The van der Waals surface area contributed by atoms with Crippen molar-refractivity contribution in [3.05, 3.63) is 126 Å². The van der Waals surface area contributed by atoms with E-state index in [4.69, 9.17) is 0 Å². The molecule has 1 amide bonds. The van der Waals surface area contributed by atoms with Gasteiger partial charge in [-0.15, -0.1) is 0 Å². The molecule has 4 aromatic rings. The zero-order chi connectivity index (χ0) is 24.7. The van der Waals surface area contributed by atoms with Crippen LogP contribution >= 0.6 is 0 Å². The van der Waals surface area contributed by atoms with Crippen LogP contribution in [-0.2, 0) is 16.6 Å². The number of amides is 1. The van der Waals surface area contributed by atoms with Crippen molar-refractivity contribution in [3.63, 3.8) is 0 Å². The second-order valence-electron chi connectivity index (χ2n) is 7.78. The van der Waals surface area contributed by atoms with Gasteiger partial charge in [0.2, 0.25) is 0 Å². The molecule has 7 nitrogen and oxygen atoms in total. The summed E-state index contributed by atoms with van der Waals surface area (Å²) in [6, 6.07) is 27.8. The summed E-state index contributed by atoms with van der Waals surface area (Å²) in [5, 5.41) is 3.98. The van der Waals surface area contributed by atoms with E-state index in [1.807, 2.05) is 43.3 Å². The highest BCUT2D eigenvalue weighted by atomic mass is 32.2. The summed E-state index contributed by atoms with van der Waals surface area (Å²) in [5.41, 5.74) is 5.21. The molecular formula is C27H24N4O3S. The van der Waals surface area contributed by atoms with Crippen molar-refractivity contribution < 1.29 is 13.2 Å². The Kier molecular flexibility index (Phi) is 7.32. The number of nitrogens with one attached hydrogen (secondary N) is 1. The molecule has 0 fully saturated rings. The van der Waals surface area contributed by atoms with Crippen LogP contribution in [0.2, 0.25) is 0 Å². The topological polar surface area (TPSA) is 91.7 Å². The number of rotatable bonds is 8. The third-order valence-electron chi connectivity index (χ3n) is 5.25. The van der Waals surface area contributed by atoms with Gasteiger partial charge < -0.3 is 0 Å². The van der Waals surface area contributed by atoms with Crippen LogP contribution in [0.15, 0.2) is 113 Å². The first-order valence-corrected chi connectivity index (χ1v) is 12.4. The summed E-state index contributed by atoms with van der Waals surface area (Å²) in [4.78, 5) is 17.3. The molecule has 0 saturated carbocycles. The van der Waals surface area contributed by atoms with Gasteiger partial charge >= 0.3 is 0 Å². The Balaban J connectivity index is 1.71. The molecule has 1 N–H and O–H groups in total. The number of hydrazone groups is 1. The normalized spacial score (nSPS) is 11.3. The van der Waals surface area contributed by atoms with Crippen LogP contribution in [0.5, 0.6) is 0 Å². The van der Waals surface area contributed by atoms with Gasteiger partial charge in [0.1, 0.15) is 0 Å². The van der Waals surface area contributed by atoms with Gasteiger partial charge in [-0.1, -0.05) is 66.2 Å². The monoisotopic (exact) mass is 484 g/mol. The molecule has 0 aliphatic carbocycles. The Morgan fingerprint density at radius 3 is 2.31 bits per heavy atom. The number of para-hydroxylation sites is 1. The van der Waals surface area contributed by atoms with Crippen LogP contribution in [0.4, 0.5) is 5.69 Å². The van der Waals surface area contributed by atoms with Crippen LogP contribution in [0.1, 0.15) is 27.2 Å². The summed E-state index contributed by atoms with van der Waals surface area (Å²) in [7, 11) is -3.98. The van der Waals surface area contributed by atoms with Crippen molar-refractivity contribution in [2.24, 2.45) is 5.10 Å². The lowest BCUT2D eigenvalue weighted by molar-refractivity contribution is 0.0955. The standard InChI is InChI=1S/C27H24N4O3S/c1-21-14-16-24(17-15-21)35(33,34)31(20-22-9-3-2-4-10-22)26-13-6-5-12-25(26)27(32)30-29-19-23-11-7-8-18-28-23/h2-19H,20H2,1H3,(H,30,32). The lowest BCUT2D eigenvalue weighted by Gasteiger charge is -2.26. The van der Waals surface area contributed by atoms with Gasteiger partial charge in [0.25, 0.3) is 15.9 Å². The first kappa shape index (κ1) is 23.8. The first-order valence-electron chi connectivity index (χ1n) is 10.9. The van der Waals surface area contributed by atoms with Gasteiger partial charge in [0, 0.05) is 6.20 Å². The number of nitrogens with zero attached hydrogens (tertiary/aromatic N) is 3. The minimum absolute atomic E-state index is 0.0541. The SMILES string of the molecule is Cc1ccc(S(=O)(=O)N(Cc2ccccc2)c2ccccc2C(=O)NN=Cc2ccccn2)cc1. The number of benzene rings is 3. The molecule has 0 spiro atoms. The van der Waals surface area contributed by atoms with Crippen molar-refractivity contribution in [2.45, 2.75) is 18.4 Å². The van der Waals surface area contributed by atoms with E-state index in [1.165, 1.54) is 10.5 Å². The molecular weight excluding hydrogens is 460 g/mol. The van der Waals surface area contributed by atoms with E-state index in [0.29, 0.717) is 5.69 Å². The fraction of sp³-hybridized carbons (Fsp3) is 0.0741. The van der Waals surface area contributed by atoms with Crippen molar-refractivity contribution in [2.75, 3.05) is 4.31 Å². The van der Waals surface area contributed by atoms with Crippen molar-refractivity contribution in [1.82, 2.24) is 10.4 Å². The number of carbonyl (C=O) groups excluding carboxylic acids is 1. The number of hydrogen-bond donors (Lipinski definition) is 1. The van der Waals surface area contributed by atoms with Crippen LogP contribution in [0.3, 0.4) is 0 Å². The van der Waals surface area contributed by atoms with Gasteiger partial charge in [0.15, 0.2) is 0 Å². The molecule has 0 aliphatic rings. The van der Waals surface area contributed by atoms with E-state index in [2.05, 4.69) is 15.5 Å². The third-order valence-corrected chi connectivity index (χ3v) is 7.02. The summed E-state index contributed by atoms with van der Waals surface area (Å²) < 4.78 is 28.8. The number of pyridine rings is 1. The van der Waals surface area contributed by atoms with Gasteiger partial charge in [-0.05, 0) is 48.9 Å². The van der Waals surface area contributed by atoms with Crippen LogP contribution in [-0.4, -0.2) is 25.5 Å². The number of carbonyl (C=O) groups is 1. The smallest absolute Gasteiger partial charge is 0.267 e. The number of aryl methyl sites for hydroxylation is 1. The predicted octanol–water partition coefficient (Wildman–Crippen LogP) is 4.55. The zero-order valence-corrected chi connectivity index (χ0v) is 19.9. The summed E-state index contributed by atoms with van der Waals surface area (Å²) >= 11 is 0. The number of hydrogen-bond acceptors (Lipinski definition) is 5. The van der Waals surface area contributed by atoms with Gasteiger partial charge in [-0.25, -0.2) is 13.8 Å². The maximum Gasteiger partial charge on any atom is 0.273 e. The second-order valence-corrected chi connectivity index (χ2v) is 9.64. The Morgan fingerprint density at radius 1 is 0.914 bits per heavy atom. The molecule has 0 radical (unpaired) electrons. The maximum atomic E-state index is 13.8. The lowest BCUT2D eigenvalue weighted by atomic mass is 10.1.